The molecule has 0 aliphatic carbocycles. The van der Waals surface area contributed by atoms with Crippen molar-refractivity contribution in [3.05, 3.63) is 28.8 Å². The zero-order chi connectivity index (χ0) is 14.7. The lowest BCUT2D eigenvalue weighted by Crippen LogP contribution is -2.49. The number of nitrogens with zero attached hydrogens (tertiary/aromatic N) is 2. The van der Waals surface area contributed by atoms with Crippen LogP contribution in [0.4, 0.5) is 5.69 Å². The average molecular weight is 296 g/mol. The van der Waals surface area contributed by atoms with Crippen LogP contribution in [0.3, 0.4) is 0 Å². The molecular weight excluding hydrogens is 270 g/mol. The van der Waals surface area contributed by atoms with E-state index in [1.165, 1.54) is 11.3 Å². The van der Waals surface area contributed by atoms with Gasteiger partial charge in [0.25, 0.3) is 0 Å². The topological polar surface area (TPSA) is 32.5 Å². The molecule has 0 bridgehead atoms. The molecule has 112 valence electrons. The molecule has 1 fully saturated rings. The fourth-order valence-corrected chi connectivity index (χ4v) is 3.00. The molecule has 1 aliphatic heterocycles. The zero-order valence-electron chi connectivity index (χ0n) is 12.8. The Morgan fingerprint density at radius 3 is 2.35 bits per heavy atom. The van der Waals surface area contributed by atoms with Gasteiger partial charge >= 0.3 is 0 Å². The van der Waals surface area contributed by atoms with Crippen LogP contribution in [0, 0.1) is 0 Å². The van der Waals surface area contributed by atoms with Crippen molar-refractivity contribution in [1.82, 2.24) is 4.90 Å². The first-order valence-electron chi connectivity index (χ1n) is 7.50. The second-order valence-corrected chi connectivity index (χ2v) is 6.51. The number of hydrogen-bond donors (Lipinski definition) is 1. The maximum atomic E-state index is 6.18. The molecule has 0 aromatic heterocycles. The molecule has 2 rings (SSSR count). The van der Waals surface area contributed by atoms with E-state index in [1.807, 2.05) is 6.07 Å². The quantitative estimate of drug-likeness (QED) is 0.927. The zero-order valence-corrected chi connectivity index (χ0v) is 13.5. The summed E-state index contributed by atoms with van der Waals surface area (Å²) in [5, 5.41) is 0.805. The highest BCUT2D eigenvalue weighted by molar-refractivity contribution is 6.30. The van der Waals surface area contributed by atoms with Gasteiger partial charge in [-0.1, -0.05) is 17.7 Å². The van der Waals surface area contributed by atoms with Crippen LogP contribution in [-0.2, 0) is 6.42 Å². The Balaban J connectivity index is 2.14. The van der Waals surface area contributed by atoms with E-state index in [0.717, 1.165) is 37.6 Å². The summed E-state index contributed by atoms with van der Waals surface area (Å²) in [4.78, 5) is 4.97. The molecule has 1 atom stereocenters. The van der Waals surface area contributed by atoms with Gasteiger partial charge in [-0.15, -0.1) is 0 Å². The molecule has 1 aromatic carbocycles. The molecule has 2 N–H and O–H groups in total. The van der Waals surface area contributed by atoms with Gasteiger partial charge in [-0.05, 0) is 44.9 Å². The number of benzene rings is 1. The van der Waals surface area contributed by atoms with Gasteiger partial charge in [-0.25, -0.2) is 0 Å². The highest BCUT2D eigenvalue weighted by Gasteiger charge is 2.21. The molecule has 0 amide bonds. The van der Waals surface area contributed by atoms with Crippen molar-refractivity contribution in [3.8, 4) is 0 Å². The lowest BCUT2D eigenvalue weighted by Gasteiger charge is -2.39. The van der Waals surface area contributed by atoms with E-state index in [2.05, 4.69) is 42.7 Å². The minimum atomic E-state index is 0.173. The molecule has 1 aromatic rings. The van der Waals surface area contributed by atoms with Gasteiger partial charge in [0.05, 0.1) is 0 Å². The van der Waals surface area contributed by atoms with E-state index in [4.69, 9.17) is 17.3 Å². The van der Waals surface area contributed by atoms with Crippen LogP contribution in [0.1, 0.15) is 26.3 Å². The van der Waals surface area contributed by atoms with Crippen LogP contribution in [0.25, 0.3) is 0 Å². The van der Waals surface area contributed by atoms with E-state index in [0.29, 0.717) is 6.04 Å². The van der Waals surface area contributed by atoms with Crippen molar-refractivity contribution in [2.45, 2.75) is 39.3 Å². The Hall–Kier alpha value is -0.770. The molecule has 1 saturated heterocycles. The Morgan fingerprint density at radius 1 is 1.15 bits per heavy atom. The Labute approximate surface area is 127 Å². The highest BCUT2D eigenvalue weighted by atomic mass is 35.5. The van der Waals surface area contributed by atoms with Crippen LogP contribution in [0.5, 0.6) is 0 Å². The van der Waals surface area contributed by atoms with E-state index in [-0.39, 0.29) is 6.04 Å². The van der Waals surface area contributed by atoms with Gasteiger partial charge in [0.2, 0.25) is 0 Å². The second-order valence-electron chi connectivity index (χ2n) is 6.07. The number of rotatable bonds is 4. The third-order valence-corrected chi connectivity index (χ3v) is 4.21. The van der Waals surface area contributed by atoms with Crippen molar-refractivity contribution in [2.24, 2.45) is 5.73 Å². The monoisotopic (exact) mass is 295 g/mol. The number of nitrogens with two attached hydrogens (primary N) is 1. The van der Waals surface area contributed by atoms with Crippen molar-refractivity contribution >= 4 is 17.3 Å². The highest BCUT2D eigenvalue weighted by Crippen LogP contribution is 2.27. The first-order valence-corrected chi connectivity index (χ1v) is 7.88. The molecule has 0 spiro atoms. The van der Waals surface area contributed by atoms with Crippen molar-refractivity contribution in [1.29, 1.82) is 0 Å². The summed E-state index contributed by atoms with van der Waals surface area (Å²) < 4.78 is 0. The van der Waals surface area contributed by atoms with Crippen LogP contribution in [0.2, 0.25) is 5.02 Å². The van der Waals surface area contributed by atoms with Crippen molar-refractivity contribution in [2.75, 3.05) is 31.1 Å². The smallest absolute Gasteiger partial charge is 0.0426 e. The van der Waals surface area contributed by atoms with Crippen LogP contribution in [0.15, 0.2) is 18.2 Å². The maximum Gasteiger partial charge on any atom is 0.0426 e. The third kappa shape index (κ3) is 3.87. The van der Waals surface area contributed by atoms with E-state index in [1.54, 1.807) is 0 Å². The predicted octanol–water partition coefficient (Wildman–Crippen LogP) is 2.76. The normalized spacial score (nSPS) is 18.6. The fourth-order valence-electron chi connectivity index (χ4n) is 2.83. The standard InChI is InChI=1S/C16H26ClN3/c1-12(2)19-6-8-20(9-7-19)16-11-15(17)5-4-14(16)10-13(3)18/h4-5,11-13H,6-10,18H2,1-3H3. The van der Waals surface area contributed by atoms with Crippen LogP contribution < -0.4 is 10.6 Å². The molecule has 20 heavy (non-hydrogen) atoms. The minimum absolute atomic E-state index is 0.173. The summed E-state index contributed by atoms with van der Waals surface area (Å²) in [5.41, 5.74) is 8.53. The van der Waals surface area contributed by atoms with Crippen LogP contribution in [-0.4, -0.2) is 43.2 Å². The molecule has 1 aliphatic rings. The lowest BCUT2D eigenvalue weighted by molar-refractivity contribution is 0.209. The molecule has 0 radical (unpaired) electrons. The van der Waals surface area contributed by atoms with Gasteiger partial charge in [0.1, 0.15) is 0 Å². The maximum absolute atomic E-state index is 6.18. The lowest BCUT2D eigenvalue weighted by atomic mass is 10.0. The SMILES string of the molecule is CC(N)Cc1ccc(Cl)cc1N1CCN(C(C)C)CC1. The Kier molecular flexibility index (Phi) is 5.30. The first-order chi connectivity index (χ1) is 9.47. The van der Waals surface area contributed by atoms with Crippen molar-refractivity contribution in [3.63, 3.8) is 0 Å². The summed E-state index contributed by atoms with van der Waals surface area (Å²) in [6.07, 6.45) is 0.900. The molecule has 4 heteroatoms. The van der Waals surface area contributed by atoms with Gasteiger partial charge in [0.15, 0.2) is 0 Å². The van der Waals surface area contributed by atoms with Gasteiger partial charge < -0.3 is 10.6 Å². The summed E-state index contributed by atoms with van der Waals surface area (Å²) in [6, 6.07) is 6.97. The van der Waals surface area contributed by atoms with E-state index in [9.17, 15) is 0 Å². The van der Waals surface area contributed by atoms with Gasteiger partial charge in [-0.2, -0.15) is 0 Å². The average Bonchev–Trinajstić information content (AvgIpc) is 2.40. The van der Waals surface area contributed by atoms with Crippen molar-refractivity contribution < 1.29 is 0 Å². The first kappa shape index (κ1) is 15.6. The van der Waals surface area contributed by atoms with Gasteiger partial charge in [0, 0.05) is 49.0 Å². The Morgan fingerprint density at radius 2 is 1.80 bits per heavy atom. The molecule has 0 saturated carbocycles. The van der Waals surface area contributed by atoms with Crippen LogP contribution >= 0.6 is 11.6 Å². The number of halogens is 1. The van der Waals surface area contributed by atoms with E-state index >= 15 is 0 Å². The molecule has 1 heterocycles. The summed E-state index contributed by atoms with van der Waals surface area (Å²) in [7, 11) is 0. The summed E-state index contributed by atoms with van der Waals surface area (Å²) in [6.45, 7) is 10.9. The fraction of sp³-hybridized carbons (Fsp3) is 0.625. The summed E-state index contributed by atoms with van der Waals surface area (Å²) >= 11 is 6.18. The molecule has 1 unspecified atom stereocenters. The molecular formula is C16H26ClN3. The minimum Gasteiger partial charge on any atom is -0.369 e. The second kappa shape index (κ2) is 6.79. The number of anilines is 1. The van der Waals surface area contributed by atoms with Gasteiger partial charge in [-0.3, -0.25) is 4.90 Å². The summed E-state index contributed by atoms with van der Waals surface area (Å²) in [5.74, 6) is 0. The Bertz CT molecular complexity index is 437. The number of hydrogen-bond acceptors (Lipinski definition) is 3. The molecule has 3 nitrogen and oxygen atoms in total. The van der Waals surface area contributed by atoms with E-state index < -0.39 is 0 Å². The third-order valence-electron chi connectivity index (χ3n) is 3.97. The number of piperazine rings is 1. The largest absolute Gasteiger partial charge is 0.369 e. The predicted molar refractivity (Wildman–Crippen MR) is 87.7 cm³/mol.